The number of amides is 1. The summed E-state index contributed by atoms with van der Waals surface area (Å²) in [5, 5.41) is 3.21. The molecule has 2 N–H and O–H groups in total. The van der Waals surface area contributed by atoms with Gasteiger partial charge in [-0.3, -0.25) is 9.52 Å². The topological polar surface area (TPSA) is 84.5 Å². The molecule has 0 unspecified atom stereocenters. The van der Waals surface area contributed by atoms with E-state index in [9.17, 15) is 13.2 Å². The quantitative estimate of drug-likeness (QED) is 0.549. The molecule has 0 aliphatic carbocycles. The third-order valence-electron chi connectivity index (χ3n) is 4.24. The van der Waals surface area contributed by atoms with Gasteiger partial charge in [0.15, 0.2) is 6.61 Å². The molecule has 3 aromatic carbocycles. The first kappa shape index (κ1) is 21.7. The third-order valence-corrected chi connectivity index (χ3v) is 5.86. The molecule has 0 saturated carbocycles. The minimum absolute atomic E-state index is 0.0749. The summed E-state index contributed by atoms with van der Waals surface area (Å²) in [5.74, 6) is 0.261. The molecule has 0 aliphatic rings. The molecular weight excluding hydrogens is 424 g/mol. The highest BCUT2D eigenvalue weighted by Crippen LogP contribution is 2.23. The number of carbonyl (C=O) groups is 1. The van der Waals surface area contributed by atoms with Gasteiger partial charge in [0, 0.05) is 10.7 Å². The number of nitrogens with one attached hydrogen (secondary N) is 2. The SMILES string of the molecule is Cc1cccc(OCC(=O)Nc2ccc(S(=O)(=O)Nc3ccc(Cl)cc3C)cc2)c1. The van der Waals surface area contributed by atoms with Gasteiger partial charge in [-0.2, -0.15) is 0 Å². The predicted octanol–water partition coefficient (Wildman–Crippen LogP) is 4.78. The van der Waals surface area contributed by atoms with Gasteiger partial charge in [0.1, 0.15) is 5.75 Å². The van der Waals surface area contributed by atoms with Crippen molar-refractivity contribution < 1.29 is 17.9 Å². The van der Waals surface area contributed by atoms with Crippen LogP contribution >= 0.6 is 11.6 Å². The number of hydrogen-bond donors (Lipinski definition) is 2. The van der Waals surface area contributed by atoms with Gasteiger partial charge in [-0.1, -0.05) is 23.7 Å². The van der Waals surface area contributed by atoms with Crippen LogP contribution in [-0.4, -0.2) is 20.9 Å². The number of carbonyl (C=O) groups excluding carboxylic acids is 1. The zero-order valence-electron chi connectivity index (χ0n) is 16.5. The molecule has 6 nitrogen and oxygen atoms in total. The maximum atomic E-state index is 12.6. The largest absolute Gasteiger partial charge is 0.484 e. The van der Waals surface area contributed by atoms with E-state index in [0.717, 1.165) is 5.56 Å². The van der Waals surface area contributed by atoms with Crippen LogP contribution in [0.2, 0.25) is 5.02 Å². The van der Waals surface area contributed by atoms with Crippen molar-refractivity contribution in [2.75, 3.05) is 16.6 Å². The second-order valence-electron chi connectivity index (χ2n) is 6.74. The Balaban J connectivity index is 1.61. The molecule has 3 aromatic rings. The fourth-order valence-electron chi connectivity index (χ4n) is 2.71. The van der Waals surface area contributed by atoms with Crippen molar-refractivity contribution in [1.29, 1.82) is 0 Å². The van der Waals surface area contributed by atoms with Crippen molar-refractivity contribution in [2.45, 2.75) is 18.7 Å². The lowest BCUT2D eigenvalue weighted by molar-refractivity contribution is -0.118. The summed E-state index contributed by atoms with van der Waals surface area (Å²) in [6.07, 6.45) is 0. The first-order valence-electron chi connectivity index (χ1n) is 9.11. The van der Waals surface area contributed by atoms with Crippen molar-refractivity contribution in [1.82, 2.24) is 0 Å². The van der Waals surface area contributed by atoms with Crippen LogP contribution in [0.5, 0.6) is 5.75 Å². The van der Waals surface area contributed by atoms with Crippen LogP contribution in [0.25, 0.3) is 0 Å². The number of aryl methyl sites for hydroxylation is 2. The Kier molecular flexibility index (Phi) is 6.64. The highest BCUT2D eigenvalue weighted by Gasteiger charge is 2.15. The van der Waals surface area contributed by atoms with E-state index in [1.54, 1.807) is 31.2 Å². The monoisotopic (exact) mass is 444 g/mol. The molecule has 30 heavy (non-hydrogen) atoms. The van der Waals surface area contributed by atoms with E-state index in [0.29, 0.717) is 27.7 Å². The molecule has 0 spiro atoms. The lowest BCUT2D eigenvalue weighted by atomic mass is 10.2. The van der Waals surface area contributed by atoms with Crippen LogP contribution in [0.15, 0.2) is 71.6 Å². The van der Waals surface area contributed by atoms with E-state index in [2.05, 4.69) is 10.0 Å². The standard InChI is InChI=1S/C22H21ClN2O4S/c1-15-4-3-5-19(12-15)29-14-22(26)24-18-7-9-20(10-8-18)30(27,28)25-21-11-6-17(23)13-16(21)2/h3-13,25H,14H2,1-2H3,(H,24,26). The summed E-state index contributed by atoms with van der Waals surface area (Å²) in [7, 11) is -3.77. The molecule has 0 atom stereocenters. The maximum absolute atomic E-state index is 12.6. The van der Waals surface area contributed by atoms with Gasteiger partial charge in [0.05, 0.1) is 10.6 Å². The van der Waals surface area contributed by atoms with Gasteiger partial charge in [-0.15, -0.1) is 0 Å². The molecule has 8 heteroatoms. The lowest BCUT2D eigenvalue weighted by Crippen LogP contribution is -2.20. The Hall–Kier alpha value is -3.03. The van der Waals surface area contributed by atoms with Gasteiger partial charge in [0.2, 0.25) is 0 Å². The van der Waals surface area contributed by atoms with E-state index >= 15 is 0 Å². The van der Waals surface area contributed by atoms with E-state index in [1.165, 1.54) is 24.3 Å². The molecule has 0 radical (unpaired) electrons. The van der Waals surface area contributed by atoms with Crippen LogP contribution in [-0.2, 0) is 14.8 Å². The molecule has 0 saturated heterocycles. The van der Waals surface area contributed by atoms with E-state index in [1.807, 2.05) is 25.1 Å². The summed E-state index contributed by atoms with van der Waals surface area (Å²) >= 11 is 5.91. The second-order valence-corrected chi connectivity index (χ2v) is 8.86. The molecular formula is C22H21ClN2O4S. The summed E-state index contributed by atoms with van der Waals surface area (Å²) in [6.45, 7) is 3.55. The van der Waals surface area contributed by atoms with Crippen molar-refractivity contribution >= 4 is 38.9 Å². The van der Waals surface area contributed by atoms with Crippen LogP contribution in [0.4, 0.5) is 11.4 Å². The molecule has 0 aromatic heterocycles. The Labute approximate surface area is 180 Å². The number of benzene rings is 3. The van der Waals surface area contributed by atoms with Gasteiger partial charge < -0.3 is 10.1 Å². The van der Waals surface area contributed by atoms with Crippen LogP contribution < -0.4 is 14.8 Å². The number of hydrogen-bond acceptors (Lipinski definition) is 4. The molecule has 0 bridgehead atoms. The van der Waals surface area contributed by atoms with Crippen molar-refractivity contribution in [2.24, 2.45) is 0 Å². The molecule has 0 fully saturated rings. The number of halogens is 1. The summed E-state index contributed by atoms with van der Waals surface area (Å²) in [5.41, 5.74) is 2.66. The highest BCUT2D eigenvalue weighted by atomic mass is 35.5. The Morgan fingerprint density at radius 1 is 1.00 bits per heavy atom. The zero-order chi connectivity index (χ0) is 21.7. The van der Waals surface area contributed by atoms with Gasteiger partial charge >= 0.3 is 0 Å². The maximum Gasteiger partial charge on any atom is 0.262 e. The average molecular weight is 445 g/mol. The van der Waals surface area contributed by atoms with E-state index < -0.39 is 10.0 Å². The number of anilines is 2. The van der Waals surface area contributed by atoms with Gasteiger partial charge in [-0.25, -0.2) is 8.42 Å². The first-order chi connectivity index (χ1) is 14.2. The number of sulfonamides is 1. The average Bonchev–Trinajstić information content (AvgIpc) is 2.69. The predicted molar refractivity (Wildman–Crippen MR) is 119 cm³/mol. The minimum atomic E-state index is -3.77. The van der Waals surface area contributed by atoms with Crippen LogP contribution in [0.1, 0.15) is 11.1 Å². The van der Waals surface area contributed by atoms with Crippen molar-refractivity contribution in [3.8, 4) is 5.75 Å². The molecule has 156 valence electrons. The third kappa shape index (κ3) is 5.75. The second kappa shape index (κ2) is 9.19. The molecule has 1 amide bonds. The molecule has 3 rings (SSSR count). The lowest BCUT2D eigenvalue weighted by Gasteiger charge is -2.12. The normalized spacial score (nSPS) is 11.0. The number of rotatable bonds is 7. The highest BCUT2D eigenvalue weighted by molar-refractivity contribution is 7.92. The van der Waals surface area contributed by atoms with Crippen LogP contribution in [0, 0.1) is 13.8 Å². The van der Waals surface area contributed by atoms with Gasteiger partial charge in [0.25, 0.3) is 15.9 Å². The molecule has 0 heterocycles. The summed E-state index contributed by atoms with van der Waals surface area (Å²) in [4.78, 5) is 12.2. The van der Waals surface area contributed by atoms with Gasteiger partial charge in [-0.05, 0) is 79.6 Å². The van der Waals surface area contributed by atoms with Crippen molar-refractivity contribution in [3.63, 3.8) is 0 Å². The fourth-order valence-corrected chi connectivity index (χ4v) is 4.07. The van der Waals surface area contributed by atoms with E-state index in [-0.39, 0.29) is 17.4 Å². The number of ether oxygens (including phenoxy) is 1. The molecule has 0 aliphatic heterocycles. The first-order valence-corrected chi connectivity index (χ1v) is 11.0. The Bertz CT molecular complexity index is 1160. The fraction of sp³-hybridized carbons (Fsp3) is 0.136. The van der Waals surface area contributed by atoms with Crippen molar-refractivity contribution in [3.05, 3.63) is 82.9 Å². The van der Waals surface area contributed by atoms with Crippen LogP contribution in [0.3, 0.4) is 0 Å². The Morgan fingerprint density at radius 3 is 2.40 bits per heavy atom. The summed E-state index contributed by atoms with van der Waals surface area (Å²) < 4.78 is 33.2. The Morgan fingerprint density at radius 2 is 1.73 bits per heavy atom. The zero-order valence-corrected chi connectivity index (χ0v) is 18.0. The minimum Gasteiger partial charge on any atom is -0.484 e. The van der Waals surface area contributed by atoms with E-state index in [4.69, 9.17) is 16.3 Å². The smallest absolute Gasteiger partial charge is 0.262 e. The summed E-state index contributed by atoms with van der Waals surface area (Å²) in [6, 6.07) is 18.2.